The van der Waals surface area contributed by atoms with Crippen LogP contribution in [0.1, 0.15) is 17.9 Å². The Morgan fingerprint density at radius 2 is 1.76 bits per heavy atom. The second kappa shape index (κ2) is 6.63. The average Bonchev–Trinajstić information content (AvgIpc) is 2.52. The van der Waals surface area contributed by atoms with Crippen molar-refractivity contribution in [3.8, 4) is 5.75 Å². The molecule has 3 heteroatoms. The lowest BCUT2D eigenvalue weighted by Gasteiger charge is -2.37. The third kappa shape index (κ3) is 3.47. The van der Waals surface area contributed by atoms with E-state index in [0.717, 1.165) is 29.7 Å². The van der Waals surface area contributed by atoms with E-state index >= 15 is 0 Å². The van der Waals surface area contributed by atoms with E-state index in [9.17, 15) is 0 Å². The fraction of sp³-hybridized carbons (Fsp3) is 0.333. The minimum Gasteiger partial charge on any atom is -0.489 e. The van der Waals surface area contributed by atoms with E-state index in [-0.39, 0.29) is 6.10 Å². The highest BCUT2D eigenvalue weighted by Gasteiger charge is 2.30. The summed E-state index contributed by atoms with van der Waals surface area (Å²) in [6.45, 7) is 2.12. The van der Waals surface area contributed by atoms with Crippen LogP contribution in [0.3, 0.4) is 0 Å². The van der Waals surface area contributed by atoms with Crippen LogP contribution in [0.5, 0.6) is 5.75 Å². The van der Waals surface area contributed by atoms with Crippen LogP contribution >= 0.6 is 15.9 Å². The number of ether oxygens (including phenoxy) is 1. The Morgan fingerprint density at radius 1 is 1.05 bits per heavy atom. The first-order valence-corrected chi connectivity index (χ1v) is 8.18. The Balaban J connectivity index is 1.83. The Kier molecular flexibility index (Phi) is 4.61. The number of likely N-dealkylation sites (N-methyl/N-ethyl adjacent to an activating group) is 1. The molecule has 0 aromatic heterocycles. The molecule has 0 saturated carbocycles. The van der Waals surface area contributed by atoms with E-state index in [1.165, 1.54) is 5.56 Å². The van der Waals surface area contributed by atoms with Gasteiger partial charge in [0, 0.05) is 19.0 Å². The van der Waals surface area contributed by atoms with Gasteiger partial charge in [0.25, 0.3) is 0 Å². The molecule has 0 amide bonds. The Morgan fingerprint density at radius 3 is 2.52 bits per heavy atom. The number of halogens is 1. The van der Waals surface area contributed by atoms with E-state index in [1.807, 2.05) is 24.3 Å². The van der Waals surface area contributed by atoms with Crippen LogP contribution in [0, 0.1) is 0 Å². The van der Waals surface area contributed by atoms with Gasteiger partial charge in [-0.2, -0.15) is 0 Å². The second-order valence-electron chi connectivity index (χ2n) is 5.65. The molecule has 2 atom stereocenters. The molecular weight excluding hydrogens is 326 g/mol. The SMILES string of the molecule is CN1CC[C@H](Oc2ccccc2Br)[C@@H](c2ccccc2)C1. The third-order valence-corrected chi connectivity index (χ3v) is 4.75. The molecule has 1 saturated heterocycles. The van der Waals surface area contributed by atoms with Gasteiger partial charge < -0.3 is 9.64 Å². The van der Waals surface area contributed by atoms with Crippen LogP contribution in [0.4, 0.5) is 0 Å². The molecule has 1 heterocycles. The fourth-order valence-electron chi connectivity index (χ4n) is 2.96. The molecule has 21 heavy (non-hydrogen) atoms. The highest BCUT2D eigenvalue weighted by molar-refractivity contribution is 9.10. The van der Waals surface area contributed by atoms with E-state index in [2.05, 4.69) is 58.2 Å². The van der Waals surface area contributed by atoms with Crippen molar-refractivity contribution in [3.63, 3.8) is 0 Å². The molecule has 2 aromatic rings. The number of benzene rings is 2. The predicted octanol–water partition coefficient (Wildman–Crippen LogP) is 4.32. The smallest absolute Gasteiger partial charge is 0.133 e. The summed E-state index contributed by atoms with van der Waals surface area (Å²) in [5.41, 5.74) is 1.36. The van der Waals surface area contributed by atoms with Gasteiger partial charge in [0.15, 0.2) is 0 Å². The summed E-state index contributed by atoms with van der Waals surface area (Å²) in [7, 11) is 2.19. The maximum atomic E-state index is 6.33. The van der Waals surface area contributed by atoms with E-state index in [1.54, 1.807) is 0 Å². The molecule has 0 N–H and O–H groups in total. The van der Waals surface area contributed by atoms with Crippen molar-refractivity contribution in [1.29, 1.82) is 0 Å². The first kappa shape index (κ1) is 14.6. The van der Waals surface area contributed by atoms with Gasteiger partial charge in [0.05, 0.1) is 4.47 Å². The number of rotatable bonds is 3. The summed E-state index contributed by atoms with van der Waals surface area (Å²) in [5.74, 6) is 1.35. The highest BCUT2D eigenvalue weighted by atomic mass is 79.9. The predicted molar refractivity (Wildman–Crippen MR) is 89.9 cm³/mol. The standard InChI is InChI=1S/C18H20BrNO/c1-20-12-11-17(21-18-10-6-5-9-16(18)19)15(13-20)14-7-3-2-4-8-14/h2-10,15,17H,11-13H2,1H3/t15-,17+/m1/s1. The maximum absolute atomic E-state index is 6.33. The lowest BCUT2D eigenvalue weighted by Crippen LogP contribution is -2.42. The van der Waals surface area contributed by atoms with E-state index in [0.29, 0.717) is 5.92 Å². The zero-order valence-electron chi connectivity index (χ0n) is 12.2. The van der Waals surface area contributed by atoms with E-state index in [4.69, 9.17) is 4.74 Å². The molecule has 0 radical (unpaired) electrons. The van der Waals surface area contributed by atoms with Gasteiger partial charge in [0.2, 0.25) is 0 Å². The van der Waals surface area contributed by atoms with E-state index < -0.39 is 0 Å². The first-order chi connectivity index (χ1) is 10.2. The topological polar surface area (TPSA) is 12.5 Å². The van der Waals surface area contributed by atoms with Crippen molar-refractivity contribution in [2.24, 2.45) is 0 Å². The molecule has 1 fully saturated rings. The maximum Gasteiger partial charge on any atom is 0.133 e. The van der Waals surface area contributed by atoms with Crippen LogP contribution in [-0.2, 0) is 0 Å². The molecule has 2 aromatic carbocycles. The fourth-order valence-corrected chi connectivity index (χ4v) is 3.34. The minimum absolute atomic E-state index is 0.224. The second-order valence-corrected chi connectivity index (χ2v) is 6.51. The molecule has 0 unspecified atom stereocenters. The van der Waals surface area contributed by atoms with Crippen molar-refractivity contribution in [3.05, 3.63) is 64.6 Å². The quantitative estimate of drug-likeness (QED) is 0.821. The Labute approximate surface area is 134 Å². The van der Waals surface area contributed by atoms with Crippen LogP contribution in [-0.4, -0.2) is 31.1 Å². The minimum atomic E-state index is 0.224. The molecule has 110 valence electrons. The average molecular weight is 346 g/mol. The van der Waals surface area contributed by atoms with Gasteiger partial charge >= 0.3 is 0 Å². The Bertz CT molecular complexity index is 587. The molecule has 2 nitrogen and oxygen atoms in total. The van der Waals surface area contributed by atoms with Gasteiger partial charge in [0.1, 0.15) is 11.9 Å². The summed E-state index contributed by atoms with van der Waals surface area (Å²) < 4.78 is 7.35. The molecular formula is C18H20BrNO. The lowest BCUT2D eigenvalue weighted by atomic mass is 9.88. The Hall–Kier alpha value is -1.32. The number of hydrogen-bond acceptors (Lipinski definition) is 2. The number of likely N-dealkylation sites (tertiary alicyclic amines) is 1. The van der Waals surface area contributed by atoms with Crippen LogP contribution < -0.4 is 4.74 Å². The zero-order chi connectivity index (χ0) is 14.7. The van der Waals surface area contributed by atoms with Crippen molar-refractivity contribution in [2.45, 2.75) is 18.4 Å². The number of nitrogens with zero attached hydrogens (tertiary/aromatic N) is 1. The third-order valence-electron chi connectivity index (χ3n) is 4.10. The molecule has 3 rings (SSSR count). The molecule has 0 aliphatic carbocycles. The molecule has 0 spiro atoms. The molecule has 1 aliphatic rings. The van der Waals surface area contributed by atoms with Crippen molar-refractivity contribution < 1.29 is 4.74 Å². The van der Waals surface area contributed by atoms with Crippen molar-refractivity contribution in [2.75, 3.05) is 20.1 Å². The normalized spacial score (nSPS) is 23.0. The zero-order valence-corrected chi connectivity index (χ0v) is 13.8. The summed E-state index contributed by atoms with van der Waals surface area (Å²) in [6, 6.07) is 18.8. The monoisotopic (exact) mass is 345 g/mol. The van der Waals surface area contributed by atoms with Crippen LogP contribution in [0.25, 0.3) is 0 Å². The van der Waals surface area contributed by atoms with Gasteiger partial charge in [-0.05, 0) is 47.1 Å². The van der Waals surface area contributed by atoms with Crippen LogP contribution in [0.2, 0.25) is 0 Å². The summed E-state index contributed by atoms with van der Waals surface area (Å²) in [4.78, 5) is 2.39. The van der Waals surface area contributed by atoms with Gasteiger partial charge in [-0.15, -0.1) is 0 Å². The van der Waals surface area contributed by atoms with Gasteiger partial charge in [-0.25, -0.2) is 0 Å². The number of para-hydroxylation sites is 1. The van der Waals surface area contributed by atoms with Crippen LogP contribution in [0.15, 0.2) is 59.1 Å². The molecule has 1 aliphatic heterocycles. The summed E-state index contributed by atoms with van der Waals surface area (Å²) >= 11 is 3.58. The van der Waals surface area contributed by atoms with Crippen molar-refractivity contribution in [1.82, 2.24) is 4.90 Å². The van der Waals surface area contributed by atoms with Gasteiger partial charge in [-0.1, -0.05) is 42.5 Å². The summed E-state index contributed by atoms with van der Waals surface area (Å²) in [5, 5.41) is 0. The number of piperidine rings is 1. The largest absolute Gasteiger partial charge is 0.489 e. The summed E-state index contributed by atoms with van der Waals surface area (Å²) in [6.07, 6.45) is 1.28. The number of hydrogen-bond donors (Lipinski definition) is 0. The first-order valence-electron chi connectivity index (χ1n) is 7.39. The lowest BCUT2D eigenvalue weighted by molar-refractivity contribution is 0.0896. The highest BCUT2D eigenvalue weighted by Crippen LogP contribution is 2.33. The van der Waals surface area contributed by atoms with Gasteiger partial charge in [-0.3, -0.25) is 0 Å². The van der Waals surface area contributed by atoms with Crippen molar-refractivity contribution >= 4 is 15.9 Å². The molecule has 0 bridgehead atoms.